The molecule has 3 rings (SSSR count). The van der Waals surface area contributed by atoms with Gasteiger partial charge in [-0.25, -0.2) is 4.39 Å². The minimum atomic E-state index is -0.340. The fourth-order valence-electron chi connectivity index (χ4n) is 5.21. The van der Waals surface area contributed by atoms with Crippen LogP contribution in [0.1, 0.15) is 77.0 Å². The number of ether oxygens (including phenoxy) is 3. The summed E-state index contributed by atoms with van der Waals surface area (Å²) >= 11 is 0. The summed E-state index contributed by atoms with van der Waals surface area (Å²) in [6.07, 6.45) is 4.08. The zero-order chi connectivity index (χ0) is 28.6. The second kappa shape index (κ2) is 13.1. The monoisotopic (exact) mass is 534 g/mol. The molecule has 0 aliphatic heterocycles. The quantitative estimate of drug-likeness (QED) is 0.206. The average Bonchev–Trinajstić information content (AvgIpc) is 2.92. The van der Waals surface area contributed by atoms with Gasteiger partial charge in [-0.05, 0) is 77.3 Å². The first-order chi connectivity index (χ1) is 18.5. The molecular weight excluding hydrogens is 491 g/mol. The fourth-order valence-corrected chi connectivity index (χ4v) is 5.21. The van der Waals surface area contributed by atoms with Crippen molar-refractivity contribution in [2.45, 2.75) is 78.7 Å². The van der Waals surface area contributed by atoms with Crippen LogP contribution >= 0.6 is 0 Å². The van der Waals surface area contributed by atoms with Crippen LogP contribution in [0.25, 0.3) is 11.1 Å². The highest BCUT2D eigenvalue weighted by molar-refractivity contribution is 5.71. The van der Waals surface area contributed by atoms with E-state index in [1.54, 1.807) is 19.2 Å². The van der Waals surface area contributed by atoms with E-state index in [2.05, 4.69) is 40.7 Å². The van der Waals surface area contributed by atoms with Crippen molar-refractivity contribution < 1.29 is 23.4 Å². The van der Waals surface area contributed by atoms with Gasteiger partial charge in [-0.3, -0.25) is 4.79 Å². The van der Waals surface area contributed by atoms with Crippen LogP contribution in [0.5, 0.6) is 11.5 Å². The normalized spacial score (nSPS) is 13.0. The minimum Gasteiger partial charge on any atom is -0.497 e. The molecule has 0 heterocycles. The molecule has 1 atom stereocenters. The number of methoxy groups -OCH3 is 2. The van der Waals surface area contributed by atoms with Crippen molar-refractivity contribution in [3.05, 3.63) is 83.2 Å². The van der Waals surface area contributed by atoms with Crippen molar-refractivity contribution in [1.82, 2.24) is 0 Å². The van der Waals surface area contributed by atoms with Gasteiger partial charge in [0.1, 0.15) is 23.9 Å². The molecule has 0 saturated heterocycles. The van der Waals surface area contributed by atoms with Gasteiger partial charge in [0.2, 0.25) is 0 Å². The molecule has 210 valence electrons. The van der Waals surface area contributed by atoms with E-state index in [4.69, 9.17) is 14.2 Å². The Morgan fingerprint density at radius 3 is 2.33 bits per heavy atom. The number of carbonyl (C=O) groups excluding carboxylic acids is 1. The van der Waals surface area contributed by atoms with E-state index in [-0.39, 0.29) is 22.6 Å². The molecule has 5 heteroatoms. The lowest BCUT2D eigenvalue weighted by Gasteiger charge is -2.28. The number of hydrogen-bond donors (Lipinski definition) is 0. The van der Waals surface area contributed by atoms with Crippen LogP contribution in [0.15, 0.2) is 60.7 Å². The van der Waals surface area contributed by atoms with Crippen molar-refractivity contribution in [3.63, 3.8) is 0 Å². The van der Waals surface area contributed by atoms with Crippen LogP contribution in [0.3, 0.4) is 0 Å². The first kappa shape index (κ1) is 30.2. The molecule has 1 unspecified atom stereocenters. The lowest BCUT2D eigenvalue weighted by molar-refractivity contribution is -0.142. The van der Waals surface area contributed by atoms with Crippen LogP contribution in [0.4, 0.5) is 4.39 Å². The maximum Gasteiger partial charge on any atom is 0.306 e. The van der Waals surface area contributed by atoms with Gasteiger partial charge in [-0.1, -0.05) is 71.4 Å². The number of hydrogen-bond acceptors (Lipinski definition) is 4. The molecule has 3 aromatic carbocycles. The molecule has 0 fully saturated rings. The van der Waals surface area contributed by atoms with E-state index < -0.39 is 0 Å². The van der Waals surface area contributed by atoms with Gasteiger partial charge in [0, 0.05) is 11.0 Å². The molecular formula is C34H43FO4. The lowest BCUT2D eigenvalue weighted by Crippen LogP contribution is -2.25. The topological polar surface area (TPSA) is 44.8 Å². The van der Waals surface area contributed by atoms with Crippen LogP contribution in [-0.4, -0.2) is 20.2 Å². The molecule has 0 aliphatic carbocycles. The molecule has 0 aliphatic rings. The molecule has 0 saturated carbocycles. The summed E-state index contributed by atoms with van der Waals surface area (Å²) < 4.78 is 31.5. The van der Waals surface area contributed by atoms with E-state index in [1.807, 2.05) is 36.4 Å². The predicted molar refractivity (Wildman–Crippen MR) is 156 cm³/mol. The average molecular weight is 535 g/mol. The van der Waals surface area contributed by atoms with Gasteiger partial charge in [0.05, 0.1) is 20.6 Å². The Kier molecular flexibility index (Phi) is 10.2. The molecule has 0 radical (unpaired) electrons. The van der Waals surface area contributed by atoms with E-state index in [1.165, 1.54) is 13.2 Å². The maximum atomic E-state index is 15.0. The highest BCUT2D eigenvalue weighted by Crippen LogP contribution is 2.37. The van der Waals surface area contributed by atoms with Crippen molar-refractivity contribution in [2.24, 2.45) is 5.41 Å². The fraction of sp³-hybridized carbons (Fsp3) is 0.441. The molecule has 39 heavy (non-hydrogen) atoms. The Balaban J connectivity index is 1.91. The SMILES string of the molecule is CCCC(C)(C)Cc1cc(COc2cccc(C(C)(CC)CC(=O)OC)c2)ccc1-c1cc(OC)ccc1F. The third-order valence-corrected chi connectivity index (χ3v) is 7.71. The Morgan fingerprint density at radius 1 is 0.897 bits per heavy atom. The van der Waals surface area contributed by atoms with Gasteiger partial charge < -0.3 is 14.2 Å². The minimum absolute atomic E-state index is 0.0664. The van der Waals surface area contributed by atoms with Gasteiger partial charge in [-0.15, -0.1) is 0 Å². The van der Waals surface area contributed by atoms with Gasteiger partial charge >= 0.3 is 5.97 Å². The van der Waals surface area contributed by atoms with Crippen LogP contribution in [0.2, 0.25) is 0 Å². The van der Waals surface area contributed by atoms with Crippen molar-refractivity contribution in [1.29, 1.82) is 0 Å². The van der Waals surface area contributed by atoms with Crippen molar-refractivity contribution in [3.8, 4) is 22.6 Å². The summed E-state index contributed by atoms with van der Waals surface area (Å²) in [4.78, 5) is 12.0. The van der Waals surface area contributed by atoms with E-state index in [0.717, 1.165) is 53.7 Å². The Morgan fingerprint density at radius 2 is 1.67 bits per heavy atom. The maximum absolute atomic E-state index is 15.0. The summed E-state index contributed by atoms with van der Waals surface area (Å²) in [5, 5.41) is 0. The molecule has 3 aromatic rings. The second-order valence-corrected chi connectivity index (χ2v) is 11.4. The van der Waals surface area contributed by atoms with Gasteiger partial charge in [-0.2, -0.15) is 0 Å². The summed E-state index contributed by atoms with van der Waals surface area (Å²) in [5.41, 5.74) is 4.29. The summed E-state index contributed by atoms with van der Waals surface area (Å²) in [5.74, 6) is 0.880. The van der Waals surface area contributed by atoms with Crippen molar-refractivity contribution >= 4 is 5.97 Å². The highest BCUT2D eigenvalue weighted by Gasteiger charge is 2.29. The smallest absolute Gasteiger partial charge is 0.306 e. The molecule has 0 aromatic heterocycles. The summed E-state index contributed by atoms with van der Waals surface area (Å²) in [6.45, 7) is 11.2. The van der Waals surface area contributed by atoms with Crippen LogP contribution < -0.4 is 9.47 Å². The Labute approximate surface area is 233 Å². The first-order valence-electron chi connectivity index (χ1n) is 13.8. The van der Waals surface area contributed by atoms with Crippen molar-refractivity contribution in [2.75, 3.05) is 14.2 Å². The van der Waals surface area contributed by atoms with Gasteiger partial charge in [0.15, 0.2) is 0 Å². The standard InChI is InChI=1S/C34H43FO4/c1-8-17-33(3,4)21-25-18-24(13-15-29(25)30-20-27(37-6)14-16-31(30)35)23-39-28-12-10-11-26(19-28)34(5,9-2)22-32(36)38-7/h10-16,18-20H,8-9,17,21-23H2,1-7H3. The first-order valence-corrected chi connectivity index (χ1v) is 13.8. The zero-order valence-corrected chi connectivity index (χ0v) is 24.5. The molecule has 0 amide bonds. The molecule has 0 bridgehead atoms. The largest absolute Gasteiger partial charge is 0.497 e. The number of esters is 1. The predicted octanol–water partition coefficient (Wildman–Crippen LogP) is 8.68. The molecule has 0 spiro atoms. The van der Waals surface area contributed by atoms with Crippen LogP contribution in [-0.2, 0) is 28.0 Å². The number of halogens is 1. The number of carbonyl (C=O) groups is 1. The second-order valence-electron chi connectivity index (χ2n) is 11.4. The zero-order valence-electron chi connectivity index (χ0n) is 24.5. The molecule has 0 N–H and O–H groups in total. The summed E-state index contributed by atoms with van der Waals surface area (Å²) in [7, 11) is 3.01. The third-order valence-electron chi connectivity index (χ3n) is 7.71. The van der Waals surface area contributed by atoms with E-state index >= 15 is 0 Å². The Bertz CT molecular complexity index is 1270. The number of rotatable bonds is 13. The highest BCUT2D eigenvalue weighted by atomic mass is 19.1. The number of benzene rings is 3. The van der Waals surface area contributed by atoms with Gasteiger partial charge in [0.25, 0.3) is 0 Å². The van der Waals surface area contributed by atoms with E-state index in [9.17, 15) is 9.18 Å². The Hall–Kier alpha value is -3.34. The lowest BCUT2D eigenvalue weighted by atomic mass is 9.77. The van der Waals surface area contributed by atoms with Crippen LogP contribution in [0, 0.1) is 11.2 Å². The third kappa shape index (κ3) is 7.84. The summed E-state index contributed by atoms with van der Waals surface area (Å²) in [6, 6.07) is 18.9. The van der Waals surface area contributed by atoms with E-state index in [0.29, 0.717) is 24.3 Å². The molecule has 4 nitrogen and oxygen atoms in total.